The molecule has 0 aliphatic carbocycles. The van der Waals surface area contributed by atoms with Crippen LogP contribution in [0.1, 0.15) is 34.7 Å². The van der Waals surface area contributed by atoms with Gasteiger partial charge < -0.3 is 9.52 Å². The normalized spacial score (nSPS) is 14.8. The second kappa shape index (κ2) is 8.47. The highest BCUT2D eigenvalue weighted by Crippen LogP contribution is 2.26. The molecule has 1 aliphatic heterocycles. The number of hydrogen-bond donors (Lipinski definition) is 1. The van der Waals surface area contributed by atoms with Gasteiger partial charge in [-0.25, -0.2) is 8.42 Å². The molecule has 1 aromatic heterocycles. The first kappa shape index (κ1) is 20.4. The van der Waals surface area contributed by atoms with Crippen LogP contribution in [0, 0.1) is 0 Å². The van der Waals surface area contributed by atoms with Gasteiger partial charge in [-0.15, -0.1) is 10.2 Å². The van der Waals surface area contributed by atoms with Crippen molar-refractivity contribution in [1.29, 1.82) is 0 Å². The van der Waals surface area contributed by atoms with Crippen LogP contribution in [-0.2, 0) is 16.4 Å². The molecule has 0 spiro atoms. The molecule has 8 nitrogen and oxygen atoms in total. The number of nitrogens with zero attached hydrogens (tertiary/aromatic N) is 3. The molecule has 1 fully saturated rings. The lowest BCUT2D eigenvalue weighted by atomic mass is 10.1. The molecule has 0 unspecified atom stereocenters. The van der Waals surface area contributed by atoms with Crippen molar-refractivity contribution in [2.75, 3.05) is 19.7 Å². The van der Waals surface area contributed by atoms with Crippen LogP contribution < -0.4 is 0 Å². The standard InChI is InChI=1S/C21H21N3O5S/c25-14-19(26)16-8-6-15(7-9-16)12-20-22-23-21(29-20)17-4-3-5-18(13-17)30(27,28)24-10-1-2-11-24/h3-9,13,25H,1-2,10-12,14H2. The quantitative estimate of drug-likeness (QED) is 0.576. The number of carbonyl (C=O) groups excluding carboxylic acids is 1. The van der Waals surface area contributed by atoms with Crippen molar-refractivity contribution in [2.24, 2.45) is 0 Å². The van der Waals surface area contributed by atoms with Gasteiger partial charge in [-0.3, -0.25) is 4.79 Å². The van der Waals surface area contributed by atoms with Gasteiger partial charge in [0.15, 0.2) is 5.78 Å². The largest absolute Gasteiger partial charge is 0.420 e. The molecular formula is C21H21N3O5S. The minimum absolute atomic E-state index is 0.214. The Morgan fingerprint density at radius 1 is 1.07 bits per heavy atom. The van der Waals surface area contributed by atoms with Crippen LogP contribution in [0.3, 0.4) is 0 Å². The first-order valence-electron chi connectivity index (χ1n) is 9.63. The van der Waals surface area contributed by atoms with E-state index >= 15 is 0 Å². The van der Waals surface area contributed by atoms with Crippen LogP contribution in [0.4, 0.5) is 0 Å². The van der Waals surface area contributed by atoms with Crippen molar-refractivity contribution in [1.82, 2.24) is 14.5 Å². The minimum Gasteiger partial charge on any atom is -0.420 e. The molecule has 0 amide bonds. The van der Waals surface area contributed by atoms with Gasteiger partial charge in [0.2, 0.25) is 21.8 Å². The summed E-state index contributed by atoms with van der Waals surface area (Å²) in [6.07, 6.45) is 2.12. The van der Waals surface area contributed by atoms with E-state index < -0.39 is 16.6 Å². The molecular weight excluding hydrogens is 406 g/mol. The molecule has 156 valence electrons. The molecule has 0 bridgehead atoms. The van der Waals surface area contributed by atoms with E-state index in [1.807, 2.05) is 0 Å². The van der Waals surface area contributed by atoms with Crippen LogP contribution in [0.5, 0.6) is 0 Å². The lowest BCUT2D eigenvalue weighted by molar-refractivity contribution is 0.0903. The lowest BCUT2D eigenvalue weighted by Crippen LogP contribution is -2.27. The predicted molar refractivity (Wildman–Crippen MR) is 108 cm³/mol. The molecule has 1 saturated heterocycles. The highest BCUT2D eigenvalue weighted by molar-refractivity contribution is 7.89. The number of ketones is 1. The third kappa shape index (κ3) is 4.18. The zero-order valence-corrected chi connectivity index (χ0v) is 17.0. The van der Waals surface area contributed by atoms with E-state index in [9.17, 15) is 13.2 Å². The maximum absolute atomic E-state index is 12.8. The van der Waals surface area contributed by atoms with Crippen molar-refractivity contribution >= 4 is 15.8 Å². The Kier molecular flexibility index (Phi) is 5.76. The van der Waals surface area contributed by atoms with Gasteiger partial charge in [0, 0.05) is 24.2 Å². The van der Waals surface area contributed by atoms with Crippen LogP contribution in [0.25, 0.3) is 11.5 Å². The fourth-order valence-corrected chi connectivity index (χ4v) is 4.95. The molecule has 0 atom stereocenters. The number of hydrogen-bond acceptors (Lipinski definition) is 7. The van der Waals surface area contributed by atoms with E-state index in [-0.39, 0.29) is 16.6 Å². The SMILES string of the molecule is O=C(CO)c1ccc(Cc2nnc(-c3cccc(S(=O)(=O)N4CCCC4)c3)o2)cc1. The van der Waals surface area contributed by atoms with E-state index in [0.29, 0.717) is 36.5 Å². The summed E-state index contributed by atoms with van der Waals surface area (Å²) >= 11 is 0. The maximum Gasteiger partial charge on any atom is 0.247 e. The molecule has 1 aliphatic rings. The minimum atomic E-state index is -3.53. The van der Waals surface area contributed by atoms with E-state index in [1.54, 1.807) is 48.5 Å². The van der Waals surface area contributed by atoms with Crippen LogP contribution >= 0.6 is 0 Å². The van der Waals surface area contributed by atoms with Gasteiger partial charge >= 0.3 is 0 Å². The monoisotopic (exact) mass is 427 g/mol. The Morgan fingerprint density at radius 3 is 2.50 bits per heavy atom. The first-order chi connectivity index (χ1) is 14.5. The molecule has 1 N–H and O–H groups in total. The number of sulfonamides is 1. The van der Waals surface area contributed by atoms with Gasteiger partial charge in [-0.2, -0.15) is 4.31 Å². The molecule has 3 aromatic rings. The summed E-state index contributed by atoms with van der Waals surface area (Å²) in [4.78, 5) is 11.7. The summed E-state index contributed by atoms with van der Waals surface area (Å²) in [7, 11) is -3.53. The average molecular weight is 427 g/mol. The van der Waals surface area contributed by atoms with Gasteiger partial charge in [0.05, 0.1) is 11.3 Å². The van der Waals surface area contributed by atoms with Gasteiger partial charge in [0.1, 0.15) is 6.61 Å². The molecule has 0 saturated carbocycles. The van der Waals surface area contributed by atoms with Crippen LogP contribution in [-0.4, -0.2) is 53.5 Å². The Labute approximate surface area is 174 Å². The number of benzene rings is 2. The topological polar surface area (TPSA) is 114 Å². The van der Waals surface area contributed by atoms with Gasteiger partial charge in [0.25, 0.3) is 0 Å². The van der Waals surface area contributed by atoms with E-state index in [2.05, 4.69) is 10.2 Å². The maximum atomic E-state index is 12.8. The Hall–Kier alpha value is -2.88. The zero-order valence-electron chi connectivity index (χ0n) is 16.2. The summed E-state index contributed by atoms with van der Waals surface area (Å²) in [5, 5.41) is 17.0. The number of aliphatic hydroxyl groups is 1. The predicted octanol–water partition coefficient (Wildman–Crippen LogP) is 2.29. The second-order valence-electron chi connectivity index (χ2n) is 7.09. The summed E-state index contributed by atoms with van der Waals surface area (Å²) in [5.74, 6) is 0.278. The fourth-order valence-electron chi connectivity index (χ4n) is 3.38. The number of rotatable bonds is 7. The Morgan fingerprint density at radius 2 is 1.80 bits per heavy atom. The molecule has 0 radical (unpaired) electrons. The highest BCUT2D eigenvalue weighted by atomic mass is 32.2. The third-order valence-corrected chi connectivity index (χ3v) is 6.92. The van der Waals surface area contributed by atoms with E-state index in [0.717, 1.165) is 18.4 Å². The number of aromatic nitrogens is 2. The number of Topliss-reactive ketones (excluding diaryl/α,β-unsaturated/α-hetero) is 1. The average Bonchev–Trinajstić information content (AvgIpc) is 3.47. The molecule has 4 rings (SSSR count). The van der Waals surface area contributed by atoms with Crippen LogP contribution in [0.2, 0.25) is 0 Å². The lowest BCUT2D eigenvalue weighted by Gasteiger charge is -2.15. The van der Waals surface area contributed by atoms with Crippen LogP contribution in [0.15, 0.2) is 57.8 Å². The third-order valence-electron chi connectivity index (χ3n) is 5.03. The second-order valence-corrected chi connectivity index (χ2v) is 9.03. The van der Waals surface area contributed by atoms with Gasteiger partial charge in [-0.05, 0) is 36.6 Å². The van der Waals surface area contributed by atoms with Crippen molar-refractivity contribution < 1.29 is 22.7 Å². The fraction of sp³-hybridized carbons (Fsp3) is 0.286. The van der Waals surface area contributed by atoms with E-state index in [4.69, 9.17) is 9.52 Å². The van der Waals surface area contributed by atoms with Gasteiger partial charge in [-0.1, -0.05) is 30.3 Å². The summed E-state index contributed by atoms with van der Waals surface area (Å²) in [6, 6.07) is 13.3. The van der Waals surface area contributed by atoms with E-state index in [1.165, 1.54) is 4.31 Å². The van der Waals surface area contributed by atoms with Crippen molar-refractivity contribution in [3.05, 3.63) is 65.5 Å². The molecule has 30 heavy (non-hydrogen) atoms. The smallest absolute Gasteiger partial charge is 0.247 e. The highest BCUT2D eigenvalue weighted by Gasteiger charge is 2.27. The molecule has 2 heterocycles. The Bertz CT molecular complexity index is 1150. The Balaban J connectivity index is 1.52. The van der Waals surface area contributed by atoms with Crippen molar-refractivity contribution in [3.63, 3.8) is 0 Å². The zero-order chi connectivity index (χ0) is 21.1. The van der Waals surface area contributed by atoms with Crippen molar-refractivity contribution in [3.8, 4) is 11.5 Å². The first-order valence-corrected chi connectivity index (χ1v) is 11.1. The number of carbonyl (C=O) groups is 1. The number of aliphatic hydroxyl groups excluding tert-OH is 1. The summed E-state index contributed by atoms with van der Waals surface area (Å²) < 4.78 is 32.8. The molecule has 9 heteroatoms. The molecule has 2 aromatic carbocycles. The van der Waals surface area contributed by atoms with Crippen molar-refractivity contribution in [2.45, 2.75) is 24.2 Å². The summed E-state index contributed by atoms with van der Waals surface area (Å²) in [6.45, 7) is 0.554. The summed E-state index contributed by atoms with van der Waals surface area (Å²) in [5.41, 5.74) is 1.84.